The molecule has 74 valence electrons. The van der Waals surface area contributed by atoms with Crippen LogP contribution in [0.5, 0.6) is 0 Å². The lowest BCUT2D eigenvalue weighted by atomic mass is 10.2. The van der Waals surface area contributed by atoms with E-state index in [0.29, 0.717) is 0 Å². The van der Waals surface area contributed by atoms with E-state index in [-0.39, 0.29) is 6.61 Å². The molecule has 0 spiro atoms. The zero-order valence-corrected chi connectivity index (χ0v) is 10.2. The van der Waals surface area contributed by atoms with E-state index in [4.69, 9.17) is 0 Å². The molecule has 1 nitrogen and oxygen atoms in total. The summed E-state index contributed by atoms with van der Waals surface area (Å²) in [5, 5.41) is 12.4. The molecule has 1 aromatic heterocycles. The van der Waals surface area contributed by atoms with Crippen LogP contribution in [0.25, 0.3) is 10.1 Å². The first-order valence-corrected chi connectivity index (χ1v) is 6.70. The molecule has 0 aliphatic carbocycles. The van der Waals surface area contributed by atoms with E-state index < -0.39 is 0 Å². The highest BCUT2D eigenvalue weighted by atomic mass is 32.2. The van der Waals surface area contributed by atoms with Crippen molar-refractivity contribution in [2.45, 2.75) is 16.4 Å². The number of aliphatic hydroxyl groups is 1. The second-order valence-electron chi connectivity index (χ2n) is 2.91. The fraction of sp³-hybridized carbons (Fsp3) is 0.200. The number of thiol groups is 1. The molecule has 0 fully saturated rings. The van der Waals surface area contributed by atoms with Gasteiger partial charge in [-0.2, -0.15) is 0 Å². The third kappa shape index (κ3) is 1.56. The number of thioether (sulfide) groups is 1. The van der Waals surface area contributed by atoms with Gasteiger partial charge in [0.1, 0.15) is 0 Å². The number of fused-ring (bicyclic) bond motifs is 1. The Morgan fingerprint density at radius 3 is 3.00 bits per heavy atom. The molecule has 0 atom stereocenters. The third-order valence-corrected chi connectivity index (χ3v) is 4.68. The van der Waals surface area contributed by atoms with Gasteiger partial charge in [0.2, 0.25) is 0 Å². The topological polar surface area (TPSA) is 20.2 Å². The van der Waals surface area contributed by atoms with Crippen LogP contribution in [0.2, 0.25) is 0 Å². The predicted molar refractivity (Wildman–Crippen MR) is 66.8 cm³/mol. The third-order valence-electron chi connectivity index (χ3n) is 2.13. The fourth-order valence-electron chi connectivity index (χ4n) is 1.44. The molecular formula is C10H10OS3. The number of thiophene rings is 1. The molecule has 0 amide bonds. The molecule has 0 bridgehead atoms. The maximum Gasteiger partial charge on any atom is 0.0693 e. The van der Waals surface area contributed by atoms with Crippen LogP contribution in [0, 0.1) is 0 Å². The summed E-state index contributed by atoms with van der Waals surface area (Å²) in [5.74, 6) is 0. The van der Waals surface area contributed by atoms with Gasteiger partial charge in [-0.05, 0) is 34.7 Å². The van der Waals surface area contributed by atoms with Gasteiger partial charge in [0, 0.05) is 14.5 Å². The maximum absolute atomic E-state index is 9.18. The van der Waals surface area contributed by atoms with Crippen molar-refractivity contribution in [2.24, 2.45) is 0 Å². The van der Waals surface area contributed by atoms with Crippen LogP contribution in [0.4, 0.5) is 0 Å². The lowest BCUT2D eigenvalue weighted by Crippen LogP contribution is -1.88. The summed E-state index contributed by atoms with van der Waals surface area (Å²) >= 11 is 7.85. The van der Waals surface area contributed by atoms with Gasteiger partial charge in [0.15, 0.2) is 0 Å². The predicted octanol–water partition coefficient (Wildman–Crippen LogP) is 3.40. The lowest BCUT2D eigenvalue weighted by molar-refractivity contribution is 0.278. The van der Waals surface area contributed by atoms with Crippen LogP contribution in [-0.4, -0.2) is 11.4 Å². The van der Waals surface area contributed by atoms with Crippen molar-refractivity contribution < 1.29 is 5.11 Å². The zero-order valence-electron chi connectivity index (χ0n) is 7.65. The van der Waals surface area contributed by atoms with E-state index >= 15 is 0 Å². The summed E-state index contributed by atoms with van der Waals surface area (Å²) in [5.41, 5.74) is 0.906. The van der Waals surface area contributed by atoms with Crippen molar-refractivity contribution in [3.63, 3.8) is 0 Å². The van der Waals surface area contributed by atoms with Gasteiger partial charge in [0.05, 0.1) is 6.61 Å². The van der Waals surface area contributed by atoms with Crippen molar-refractivity contribution in [1.29, 1.82) is 0 Å². The highest BCUT2D eigenvalue weighted by Gasteiger charge is 2.10. The first-order valence-electron chi connectivity index (χ1n) is 4.14. The minimum Gasteiger partial charge on any atom is -0.392 e. The van der Waals surface area contributed by atoms with Crippen LogP contribution < -0.4 is 0 Å². The molecule has 14 heavy (non-hydrogen) atoms. The monoisotopic (exact) mass is 242 g/mol. The van der Waals surface area contributed by atoms with E-state index in [9.17, 15) is 5.11 Å². The molecule has 0 aliphatic rings. The van der Waals surface area contributed by atoms with Gasteiger partial charge in [-0.25, -0.2) is 0 Å². The van der Waals surface area contributed by atoms with Gasteiger partial charge in [-0.15, -0.1) is 35.7 Å². The van der Waals surface area contributed by atoms with E-state index in [2.05, 4.69) is 24.1 Å². The minimum atomic E-state index is 0.0537. The average Bonchev–Trinajstić information content (AvgIpc) is 2.64. The molecule has 2 aromatic rings. The van der Waals surface area contributed by atoms with Gasteiger partial charge in [-0.3, -0.25) is 0 Å². The van der Waals surface area contributed by atoms with Gasteiger partial charge in [-0.1, -0.05) is 0 Å². The summed E-state index contributed by atoms with van der Waals surface area (Å²) in [4.78, 5) is 2.08. The Bertz CT molecular complexity index is 462. The number of hydrogen-bond acceptors (Lipinski definition) is 4. The maximum atomic E-state index is 9.18. The summed E-state index contributed by atoms with van der Waals surface area (Å²) < 4.78 is 1.26. The highest BCUT2D eigenvalue weighted by molar-refractivity contribution is 7.99. The molecule has 1 N–H and O–H groups in total. The lowest BCUT2D eigenvalue weighted by Gasteiger charge is -2.08. The Balaban J connectivity index is 2.80. The van der Waals surface area contributed by atoms with E-state index in [1.54, 1.807) is 23.1 Å². The molecule has 4 heteroatoms. The van der Waals surface area contributed by atoms with Crippen LogP contribution in [0.15, 0.2) is 27.3 Å². The molecule has 2 rings (SSSR count). The van der Waals surface area contributed by atoms with Crippen molar-refractivity contribution >= 4 is 45.8 Å². The van der Waals surface area contributed by atoms with E-state index in [0.717, 1.165) is 10.5 Å². The zero-order chi connectivity index (χ0) is 10.1. The van der Waals surface area contributed by atoms with Crippen molar-refractivity contribution in [2.75, 3.05) is 6.26 Å². The molecule has 0 saturated heterocycles. The minimum absolute atomic E-state index is 0.0537. The molecule has 1 heterocycles. The molecule has 0 saturated carbocycles. The van der Waals surface area contributed by atoms with E-state index in [1.165, 1.54) is 15.0 Å². The first kappa shape index (κ1) is 10.4. The standard InChI is InChI=1S/C10H10OS3/c1-13-10-8(12)7(5-11)4-6-2-3-14-9(6)10/h2-4,11-12H,5H2,1H3. The Labute approximate surface area is 96.6 Å². The molecule has 0 radical (unpaired) electrons. The fourth-order valence-corrected chi connectivity index (χ4v) is 3.88. The van der Waals surface area contributed by atoms with Gasteiger partial charge >= 0.3 is 0 Å². The van der Waals surface area contributed by atoms with Gasteiger partial charge < -0.3 is 5.11 Å². The van der Waals surface area contributed by atoms with Crippen molar-refractivity contribution in [3.05, 3.63) is 23.1 Å². The first-order chi connectivity index (χ1) is 6.77. The number of aliphatic hydroxyl groups excluding tert-OH is 1. The average molecular weight is 242 g/mol. The summed E-state index contributed by atoms with van der Waals surface area (Å²) in [6, 6.07) is 4.08. The van der Waals surface area contributed by atoms with Crippen LogP contribution in [0.3, 0.4) is 0 Å². The molecule has 1 aromatic carbocycles. The SMILES string of the molecule is CSc1c(S)c(CO)cc2ccsc12. The Morgan fingerprint density at radius 2 is 2.36 bits per heavy atom. The van der Waals surface area contributed by atoms with Crippen LogP contribution in [-0.2, 0) is 6.61 Å². The van der Waals surface area contributed by atoms with Crippen molar-refractivity contribution in [1.82, 2.24) is 0 Å². The van der Waals surface area contributed by atoms with Crippen molar-refractivity contribution in [3.8, 4) is 0 Å². The second-order valence-corrected chi connectivity index (χ2v) is 5.09. The quantitative estimate of drug-likeness (QED) is 0.622. The normalized spacial score (nSPS) is 11.1. The Morgan fingerprint density at radius 1 is 1.57 bits per heavy atom. The molecular weight excluding hydrogens is 232 g/mol. The van der Waals surface area contributed by atoms with Crippen LogP contribution in [0.1, 0.15) is 5.56 Å². The van der Waals surface area contributed by atoms with Crippen LogP contribution >= 0.6 is 35.7 Å². The summed E-state index contributed by atoms with van der Waals surface area (Å²) in [7, 11) is 0. The summed E-state index contributed by atoms with van der Waals surface area (Å²) in [6.45, 7) is 0.0537. The smallest absolute Gasteiger partial charge is 0.0693 e. The van der Waals surface area contributed by atoms with E-state index in [1.807, 2.05) is 12.3 Å². The molecule has 0 unspecified atom stereocenters. The number of rotatable bonds is 2. The number of benzene rings is 1. The second kappa shape index (κ2) is 4.14. The Hall–Kier alpha value is -0.160. The molecule has 0 aliphatic heterocycles. The number of hydrogen-bond donors (Lipinski definition) is 2. The highest BCUT2D eigenvalue weighted by Crippen LogP contribution is 2.37. The van der Waals surface area contributed by atoms with Gasteiger partial charge in [0.25, 0.3) is 0 Å². The summed E-state index contributed by atoms with van der Waals surface area (Å²) in [6.07, 6.45) is 2.04. The Kier molecular flexibility index (Phi) is 3.07. The largest absolute Gasteiger partial charge is 0.392 e.